The fraction of sp³-hybridized carbons (Fsp3) is 0.500. The molecule has 1 aliphatic rings. The van der Waals surface area contributed by atoms with E-state index in [1.54, 1.807) is 0 Å². The summed E-state index contributed by atoms with van der Waals surface area (Å²) in [7, 11) is 0. The number of hydrogen-bond acceptors (Lipinski definition) is 2. The van der Waals surface area contributed by atoms with E-state index in [9.17, 15) is 4.39 Å². The van der Waals surface area contributed by atoms with Crippen molar-refractivity contribution in [1.82, 2.24) is 9.78 Å². The van der Waals surface area contributed by atoms with Gasteiger partial charge in [0.2, 0.25) is 0 Å². The molecule has 18 heavy (non-hydrogen) atoms. The molecule has 0 spiro atoms. The Morgan fingerprint density at radius 3 is 2.94 bits per heavy atom. The molecule has 0 aliphatic carbocycles. The third-order valence-corrected chi connectivity index (χ3v) is 3.87. The normalized spacial score (nSPS) is 22.8. The van der Waals surface area contributed by atoms with E-state index >= 15 is 0 Å². The average Bonchev–Trinajstić information content (AvgIpc) is 2.74. The SMILES string of the molecule is CCC1CC(CC)n2nc3cc(F)ccc3c2N1. The van der Waals surface area contributed by atoms with Crippen molar-refractivity contribution in [1.29, 1.82) is 0 Å². The lowest BCUT2D eigenvalue weighted by atomic mass is 10.0. The van der Waals surface area contributed by atoms with Crippen LogP contribution in [-0.2, 0) is 0 Å². The number of nitrogens with zero attached hydrogens (tertiary/aromatic N) is 2. The number of aromatic nitrogens is 2. The van der Waals surface area contributed by atoms with Crippen molar-refractivity contribution in [2.24, 2.45) is 0 Å². The van der Waals surface area contributed by atoms with Crippen LogP contribution in [-0.4, -0.2) is 15.8 Å². The Labute approximate surface area is 106 Å². The highest BCUT2D eigenvalue weighted by atomic mass is 19.1. The van der Waals surface area contributed by atoms with Crippen molar-refractivity contribution in [3.05, 3.63) is 24.0 Å². The molecular formula is C14H18FN3. The van der Waals surface area contributed by atoms with Crippen LogP contribution in [0.2, 0.25) is 0 Å². The van der Waals surface area contributed by atoms with E-state index in [0.717, 1.165) is 36.0 Å². The number of hydrogen-bond donors (Lipinski definition) is 1. The molecule has 1 aromatic heterocycles. The third kappa shape index (κ3) is 1.67. The zero-order chi connectivity index (χ0) is 12.7. The summed E-state index contributed by atoms with van der Waals surface area (Å²) in [6.45, 7) is 4.37. The maximum Gasteiger partial charge on any atom is 0.132 e. The van der Waals surface area contributed by atoms with Gasteiger partial charge in [-0.3, -0.25) is 0 Å². The highest BCUT2D eigenvalue weighted by Crippen LogP contribution is 2.35. The predicted octanol–water partition coefficient (Wildman–Crippen LogP) is 3.72. The van der Waals surface area contributed by atoms with Crippen molar-refractivity contribution in [2.75, 3.05) is 5.32 Å². The molecule has 0 radical (unpaired) electrons. The Morgan fingerprint density at radius 1 is 1.39 bits per heavy atom. The molecular weight excluding hydrogens is 229 g/mol. The average molecular weight is 247 g/mol. The molecule has 3 nitrogen and oxygen atoms in total. The van der Waals surface area contributed by atoms with Crippen molar-refractivity contribution in [3.63, 3.8) is 0 Å². The zero-order valence-electron chi connectivity index (χ0n) is 10.8. The fourth-order valence-electron chi connectivity index (χ4n) is 2.77. The molecule has 1 aliphatic heterocycles. The van der Waals surface area contributed by atoms with E-state index < -0.39 is 0 Å². The first kappa shape index (κ1) is 11.5. The van der Waals surface area contributed by atoms with Crippen LogP contribution in [0.3, 0.4) is 0 Å². The first-order chi connectivity index (χ1) is 8.72. The van der Waals surface area contributed by atoms with Gasteiger partial charge in [-0.15, -0.1) is 0 Å². The molecule has 0 bridgehead atoms. The second kappa shape index (κ2) is 4.26. The lowest BCUT2D eigenvalue weighted by Crippen LogP contribution is -2.31. The molecule has 1 aromatic carbocycles. The number of fused-ring (bicyclic) bond motifs is 3. The largest absolute Gasteiger partial charge is 0.367 e. The van der Waals surface area contributed by atoms with Crippen molar-refractivity contribution in [3.8, 4) is 0 Å². The zero-order valence-corrected chi connectivity index (χ0v) is 10.8. The quantitative estimate of drug-likeness (QED) is 0.876. The molecule has 0 amide bonds. The van der Waals surface area contributed by atoms with Gasteiger partial charge in [-0.2, -0.15) is 5.10 Å². The Kier molecular flexibility index (Phi) is 2.73. The second-order valence-corrected chi connectivity index (χ2v) is 5.00. The maximum absolute atomic E-state index is 13.3. The van der Waals surface area contributed by atoms with Crippen molar-refractivity contribution in [2.45, 2.75) is 45.2 Å². The van der Waals surface area contributed by atoms with Crippen molar-refractivity contribution < 1.29 is 4.39 Å². The highest BCUT2D eigenvalue weighted by Gasteiger charge is 2.27. The summed E-state index contributed by atoms with van der Waals surface area (Å²) < 4.78 is 15.3. The van der Waals surface area contributed by atoms with Gasteiger partial charge < -0.3 is 5.32 Å². The number of anilines is 1. The highest BCUT2D eigenvalue weighted by molar-refractivity contribution is 5.90. The first-order valence-electron chi connectivity index (χ1n) is 6.67. The van der Waals surface area contributed by atoms with Gasteiger partial charge in [0.05, 0.1) is 11.6 Å². The van der Waals surface area contributed by atoms with Crippen LogP contribution in [0.1, 0.15) is 39.2 Å². The number of halogens is 1. The first-order valence-corrected chi connectivity index (χ1v) is 6.67. The predicted molar refractivity (Wildman–Crippen MR) is 71.3 cm³/mol. The minimum absolute atomic E-state index is 0.224. The number of nitrogens with one attached hydrogen (secondary N) is 1. The molecule has 2 unspecified atom stereocenters. The van der Waals surface area contributed by atoms with Gasteiger partial charge in [0.1, 0.15) is 11.6 Å². The number of rotatable bonds is 2. The summed E-state index contributed by atoms with van der Waals surface area (Å²) in [6, 6.07) is 5.74. The molecule has 2 heterocycles. The smallest absolute Gasteiger partial charge is 0.132 e. The van der Waals surface area contributed by atoms with E-state index in [2.05, 4.69) is 24.3 Å². The Morgan fingerprint density at radius 2 is 2.22 bits per heavy atom. The van der Waals surface area contributed by atoms with E-state index in [4.69, 9.17) is 0 Å². The Bertz CT molecular complexity index is 576. The monoisotopic (exact) mass is 247 g/mol. The molecule has 4 heteroatoms. The van der Waals surface area contributed by atoms with Crippen LogP contribution in [0.25, 0.3) is 10.9 Å². The summed E-state index contributed by atoms with van der Waals surface area (Å²) in [5.41, 5.74) is 0.743. The lowest BCUT2D eigenvalue weighted by molar-refractivity contribution is 0.365. The molecule has 96 valence electrons. The molecule has 1 N–H and O–H groups in total. The van der Waals surface area contributed by atoms with Gasteiger partial charge in [0.15, 0.2) is 0 Å². The third-order valence-electron chi connectivity index (χ3n) is 3.87. The van der Waals surface area contributed by atoms with Crippen LogP contribution in [0.15, 0.2) is 18.2 Å². The topological polar surface area (TPSA) is 29.9 Å². The Hall–Kier alpha value is -1.58. The summed E-state index contributed by atoms with van der Waals surface area (Å²) in [6.07, 6.45) is 3.25. The van der Waals surface area contributed by atoms with E-state index in [1.165, 1.54) is 12.1 Å². The lowest BCUT2D eigenvalue weighted by Gasteiger charge is -2.31. The van der Waals surface area contributed by atoms with E-state index in [1.807, 2.05) is 10.7 Å². The molecule has 0 fully saturated rings. The molecule has 2 atom stereocenters. The molecule has 0 saturated carbocycles. The standard InChI is InChI=1S/C14H18FN3/c1-3-10-8-11(4-2)18-14(16-10)12-6-5-9(15)7-13(12)17-18/h5-7,10-11,16H,3-4,8H2,1-2H3. The molecule has 0 saturated heterocycles. The molecule has 2 aromatic rings. The summed E-state index contributed by atoms with van der Waals surface area (Å²) >= 11 is 0. The van der Waals surface area contributed by atoms with Crippen LogP contribution < -0.4 is 5.32 Å². The van der Waals surface area contributed by atoms with Gasteiger partial charge >= 0.3 is 0 Å². The van der Waals surface area contributed by atoms with Crippen LogP contribution in [0.5, 0.6) is 0 Å². The van der Waals surface area contributed by atoms with Crippen LogP contribution in [0, 0.1) is 5.82 Å². The minimum Gasteiger partial charge on any atom is -0.367 e. The van der Waals surface area contributed by atoms with Gasteiger partial charge in [0, 0.05) is 17.5 Å². The second-order valence-electron chi connectivity index (χ2n) is 5.00. The van der Waals surface area contributed by atoms with Crippen molar-refractivity contribution >= 4 is 16.7 Å². The number of benzene rings is 1. The summed E-state index contributed by atoms with van der Waals surface area (Å²) in [4.78, 5) is 0. The van der Waals surface area contributed by atoms with Crippen LogP contribution >= 0.6 is 0 Å². The Balaban J connectivity index is 2.16. The van der Waals surface area contributed by atoms with E-state index in [0.29, 0.717) is 12.1 Å². The summed E-state index contributed by atoms with van der Waals surface area (Å²) in [5.74, 6) is 0.827. The minimum atomic E-state index is -0.224. The van der Waals surface area contributed by atoms with Gasteiger partial charge in [0.25, 0.3) is 0 Å². The maximum atomic E-state index is 13.3. The molecule has 3 rings (SSSR count). The van der Waals surface area contributed by atoms with Gasteiger partial charge in [-0.25, -0.2) is 9.07 Å². The van der Waals surface area contributed by atoms with Gasteiger partial charge in [-0.05, 0) is 31.4 Å². The van der Waals surface area contributed by atoms with E-state index in [-0.39, 0.29) is 5.82 Å². The fourth-order valence-corrected chi connectivity index (χ4v) is 2.77. The van der Waals surface area contributed by atoms with Crippen LogP contribution in [0.4, 0.5) is 10.2 Å². The summed E-state index contributed by atoms with van der Waals surface area (Å²) in [5, 5.41) is 9.10. The van der Waals surface area contributed by atoms with Gasteiger partial charge in [-0.1, -0.05) is 13.8 Å².